The molecule has 6 aromatic rings. The summed E-state index contributed by atoms with van der Waals surface area (Å²) < 4.78 is 33.5. The lowest BCUT2D eigenvalue weighted by molar-refractivity contribution is -0.144. The van der Waals surface area contributed by atoms with E-state index in [1.165, 1.54) is 17.0 Å². The largest absolute Gasteiger partial charge is 0.391 e. The fourth-order valence-corrected chi connectivity index (χ4v) is 11.1. The fourth-order valence-electron chi connectivity index (χ4n) is 10.3. The number of ether oxygens (including phenoxy) is 1. The van der Waals surface area contributed by atoms with Gasteiger partial charge >= 0.3 is 0 Å². The Kier molecular flexibility index (Phi) is 16.9. The highest BCUT2D eigenvalue weighted by Gasteiger charge is 2.44. The van der Waals surface area contributed by atoms with Crippen LogP contribution in [0.15, 0.2) is 84.4 Å². The number of benzene rings is 4. The zero-order chi connectivity index (χ0) is 54.4. The van der Waals surface area contributed by atoms with E-state index in [0.717, 1.165) is 51.9 Å². The average molecular weight is 1070 g/mol. The first-order valence-corrected chi connectivity index (χ1v) is 27.1. The van der Waals surface area contributed by atoms with Crippen molar-refractivity contribution >= 4 is 69.0 Å². The van der Waals surface area contributed by atoms with Gasteiger partial charge in [-0.1, -0.05) is 51.1 Å². The number of carbonyl (C=O) groups excluding carboxylic acids is 5. The van der Waals surface area contributed by atoms with Crippen LogP contribution in [0.1, 0.15) is 92.0 Å². The van der Waals surface area contributed by atoms with Crippen LogP contribution in [0, 0.1) is 24.0 Å². The zero-order valence-corrected chi connectivity index (χ0v) is 44.6. The summed E-state index contributed by atoms with van der Waals surface area (Å²) in [5.74, 6) is -2.68. The normalized spacial score (nSPS) is 17.6. The molecule has 0 radical (unpaired) electrons. The van der Waals surface area contributed by atoms with Gasteiger partial charge in [-0.15, -0.1) is 11.3 Å². The van der Waals surface area contributed by atoms with Crippen molar-refractivity contribution in [1.82, 2.24) is 35.6 Å². The van der Waals surface area contributed by atoms with E-state index < -0.39 is 41.1 Å². The number of aromatic nitrogens is 3. The van der Waals surface area contributed by atoms with Crippen molar-refractivity contribution in [2.24, 2.45) is 5.41 Å². The standard InChI is InChI=1S/C57H66F2N10O7S/c1-34-51(77-33-61-34)38-11-8-35(9-12-38)31-60-55(74)48-30-43(70)32-69(48)56(75)52(57(2,3)4)63-49(71)6-5-7-50(72)68-20-18-67(19-21-68)42-13-14-44(47(29-42)62-41-16-22-76-23-17-41)54(73)64-53-45-27-36(10-15-46(45)65-66-53)24-37-25-39(58)28-40(59)26-37/h8-15,25-29,33,41,43,48,52,62,70H,5-7,16-24,30-32H2,1-4H3,(H,60,74)(H,63,71)(H2,64,65,66,73)/t43-,48+,52?/m1/s1. The van der Waals surface area contributed by atoms with E-state index in [9.17, 15) is 37.9 Å². The smallest absolute Gasteiger partial charge is 0.258 e. The summed E-state index contributed by atoms with van der Waals surface area (Å²) in [6, 6.07) is 20.6. The van der Waals surface area contributed by atoms with E-state index in [0.29, 0.717) is 72.9 Å². The Bertz CT molecular complexity index is 3090. The highest BCUT2D eigenvalue weighted by Crippen LogP contribution is 2.32. The van der Waals surface area contributed by atoms with Gasteiger partial charge < -0.3 is 45.8 Å². The summed E-state index contributed by atoms with van der Waals surface area (Å²) in [5, 5.41) is 31.1. The molecule has 406 valence electrons. The topological polar surface area (TPSA) is 214 Å². The number of likely N-dealkylation sites (tertiary alicyclic amines) is 1. The molecule has 0 aliphatic carbocycles. The lowest BCUT2D eigenvalue weighted by Crippen LogP contribution is -2.57. The molecule has 1 unspecified atom stereocenters. The number of rotatable bonds is 17. The molecule has 5 heterocycles. The molecule has 17 nitrogen and oxygen atoms in total. The Labute approximate surface area is 450 Å². The number of aromatic amines is 1. The number of aliphatic hydroxyl groups excluding tert-OH is 1. The fraction of sp³-hybridized carbons (Fsp3) is 0.421. The third kappa shape index (κ3) is 13.5. The van der Waals surface area contributed by atoms with Crippen molar-refractivity contribution in [2.45, 2.75) is 103 Å². The third-order valence-corrected chi connectivity index (χ3v) is 15.5. The molecule has 20 heteroatoms. The summed E-state index contributed by atoms with van der Waals surface area (Å²) in [7, 11) is 0. The summed E-state index contributed by atoms with van der Waals surface area (Å²) in [6.45, 7) is 10.8. The van der Waals surface area contributed by atoms with Crippen LogP contribution in [0.5, 0.6) is 0 Å². The molecule has 3 fully saturated rings. The number of nitrogens with one attached hydrogen (secondary N) is 5. The second-order valence-electron chi connectivity index (χ2n) is 21.3. The van der Waals surface area contributed by atoms with Crippen LogP contribution in [0.2, 0.25) is 0 Å². The molecule has 9 rings (SSSR count). The molecule has 0 spiro atoms. The Morgan fingerprint density at radius 2 is 1.61 bits per heavy atom. The van der Waals surface area contributed by atoms with E-state index in [-0.39, 0.29) is 74.9 Å². The van der Waals surface area contributed by atoms with E-state index in [2.05, 4.69) is 41.3 Å². The molecule has 3 aliphatic heterocycles. The number of fused-ring (bicyclic) bond motifs is 1. The quantitative estimate of drug-likeness (QED) is 0.0532. The highest BCUT2D eigenvalue weighted by molar-refractivity contribution is 7.13. The van der Waals surface area contributed by atoms with Gasteiger partial charge in [0.15, 0.2) is 5.82 Å². The van der Waals surface area contributed by atoms with Crippen LogP contribution in [0.4, 0.5) is 26.0 Å². The predicted molar refractivity (Wildman–Crippen MR) is 291 cm³/mol. The lowest BCUT2D eigenvalue weighted by Gasteiger charge is -2.36. The number of amides is 5. The Morgan fingerprint density at radius 3 is 2.31 bits per heavy atom. The van der Waals surface area contributed by atoms with E-state index >= 15 is 0 Å². The van der Waals surface area contributed by atoms with Crippen LogP contribution in [0.25, 0.3) is 21.3 Å². The minimum Gasteiger partial charge on any atom is -0.391 e. The number of carbonyl (C=O) groups is 5. The molecule has 0 saturated carbocycles. The minimum absolute atomic E-state index is 0.0125. The van der Waals surface area contributed by atoms with Gasteiger partial charge in [-0.25, -0.2) is 13.8 Å². The maximum absolute atomic E-state index is 14.2. The number of anilines is 3. The summed E-state index contributed by atoms with van der Waals surface area (Å²) >= 11 is 1.56. The number of aliphatic hydroxyl groups is 1. The van der Waals surface area contributed by atoms with Gasteiger partial charge in [0.1, 0.15) is 23.7 Å². The molecule has 3 saturated heterocycles. The number of β-amino-alcohol motifs (C(OH)–C–C–N with tert-alkyl or cyclic N) is 1. The first kappa shape index (κ1) is 54.5. The summed E-state index contributed by atoms with van der Waals surface area (Å²) in [6.07, 6.45) is 1.40. The Balaban J connectivity index is 0.768. The number of nitrogens with zero attached hydrogens (tertiary/aromatic N) is 5. The van der Waals surface area contributed by atoms with Gasteiger partial charge in [-0.05, 0) is 103 Å². The first-order chi connectivity index (χ1) is 36.9. The number of H-pyrrole nitrogens is 1. The zero-order valence-electron chi connectivity index (χ0n) is 43.8. The van der Waals surface area contributed by atoms with E-state index in [1.54, 1.807) is 27.8 Å². The molecular formula is C57H66F2N10O7S. The van der Waals surface area contributed by atoms with Gasteiger partial charge in [0, 0.05) is 101 Å². The monoisotopic (exact) mass is 1070 g/mol. The van der Waals surface area contributed by atoms with Crippen LogP contribution in [0.3, 0.4) is 0 Å². The van der Waals surface area contributed by atoms with Crippen molar-refractivity contribution in [2.75, 3.05) is 61.5 Å². The summed E-state index contributed by atoms with van der Waals surface area (Å²) in [5.41, 5.74) is 7.82. The van der Waals surface area contributed by atoms with Crippen LogP contribution >= 0.6 is 11.3 Å². The number of halogens is 2. The SMILES string of the molecule is Cc1ncsc1-c1ccc(CNC(=O)[C@@H]2C[C@@H](O)CN2C(=O)C(NC(=O)CCCC(=O)N2CCN(c3ccc(C(=O)Nc4n[nH]c5ccc(Cc6cc(F)cc(F)c6)cc45)c(NC4CCOCC4)c3)CC2)C(C)(C)C)cc1. The van der Waals surface area contributed by atoms with Crippen LogP contribution < -0.4 is 26.2 Å². The maximum Gasteiger partial charge on any atom is 0.258 e. The van der Waals surface area contributed by atoms with Gasteiger partial charge in [-0.2, -0.15) is 5.10 Å². The minimum atomic E-state index is -0.988. The second kappa shape index (κ2) is 23.9. The van der Waals surface area contributed by atoms with Crippen molar-refractivity contribution in [3.05, 3.63) is 124 Å². The van der Waals surface area contributed by atoms with Gasteiger partial charge in [0.05, 0.1) is 33.3 Å². The number of hydrogen-bond donors (Lipinski definition) is 6. The Hall–Kier alpha value is -7.29. The van der Waals surface area contributed by atoms with Gasteiger partial charge in [0.25, 0.3) is 5.91 Å². The first-order valence-electron chi connectivity index (χ1n) is 26.2. The second-order valence-corrected chi connectivity index (χ2v) is 22.1. The molecule has 0 bridgehead atoms. The van der Waals surface area contributed by atoms with Gasteiger partial charge in [0.2, 0.25) is 23.6 Å². The maximum atomic E-state index is 14.2. The van der Waals surface area contributed by atoms with Gasteiger partial charge in [-0.3, -0.25) is 29.1 Å². The van der Waals surface area contributed by atoms with Crippen molar-refractivity contribution < 1.29 is 42.6 Å². The number of piperazine rings is 1. The molecule has 3 aliphatic rings. The lowest BCUT2D eigenvalue weighted by atomic mass is 9.85. The number of hydrogen-bond acceptors (Lipinski definition) is 12. The average Bonchev–Trinajstić information content (AvgIpc) is 4.15. The molecule has 4 aromatic carbocycles. The van der Waals surface area contributed by atoms with Crippen LogP contribution in [-0.4, -0.2) is 130 Å². The summed E-state index contributed by atoms with van der Waals surface area (Å²) in [4.78, 5) is 79.5. The number of thiazole rings is 1. The Morgan fingerprint density at radius 1 is 0.883 bits per heavy atom. The van der Waals surface area contributed by atoms with Crippen LogP contribution in [-0.2, 0) is 36.9 Å². The number of aryl methyl sites for hydroxylation is 1. The van der Waals surface area contributed by atoms with E-state index in [4.69, 9.17) is 4.74 Å². The van der Waals surface area contributed by atoms with Crippen molar-refractivity contribution in [3.63, 3.8) is 0 Å². The van der Waals surface area contributed by atoms with Crippen molar-refractivity contribution in [3.8, 4) is 10.4 Å². The molecule has 5 amide bonds. The highest BCUT2D eigenvalue weighted by atomic mass is 32.1. The van der Waals surface area contributed by atoms with Crippen molar-refractivity contribution in [1.29, 1.82) is 0 Å². The predicted octanol–water partition coefficient (Wildman–Crippen LogP) is 7.34. The molecule has 3 atom stereocenters. The molecule has 6 N–H and O–H groups in total. The molecule has 2 aromatic heterocycles. The van der Waals surface area contributed by atoms with E-state index in [1.807, 2.05) is 82.3 Å². The third-order valence-electron chi connectivity index (χ3n) is 14.5. The molecular weight excluding hydrogens is 1010 g/mol. The molecule has 77 heavy (non-hydrogen) atoms.